The first-order valence-corrected chi connectivity index (χ1v) is 9.53. The Morgan fingerprint density at radius 3 is 1.63 bits per heavy atom. The van der Waals surface area contributed by atoms with Crippen LogP contribution in [-0.2, 0) is 11.5 Å². The van der Waals surface area contributed by atoms with Crippen LogP contribution in [0.15, 0.2) is 60.7 Å². The molecule has 0 aromatic heterocycles. The molecule has 0 unspecified atom stereocenters. The molecule has 0 fully saturated rings. The number of nitro groups is 1. The Morgan fingerprint density at radius 2 is 1.27 bits per heavy atom. The largest absolute Gasteiger partial charge is 0.496 e. The summed E-state index contributed by atoms with van der Waals surface area (Å²) in [6, 6.07) is 17.7. The molecule has 1 radical (unpaired) electrons. The summed E-state index contributed by atoms with van der Waals surface area (Å²) in [5.41, 5.74) is 1.41. The highest BCUT2D eigenvalue weighted by Gasteiger charge is 2.28. The molecule has 0 saturated carbocycles. The lowest BCUT2D eigenvalue weighted by Gasteiger charge is -2.18. The summed E-state index contributed by atoms with van der Waals surface area (Å²) in [5, 5.41) is 24.7. The van der Waals surface area contributed by atoms with Crippen molar-refractivity contribution >= 4 is 5.69 Å². The zero-order chi connectivity index (χ0) is 21.9. The van der Waals surface area contributed by atoms with Gasteiger partial charge < -0.3 is 9.47 Å². The van der Waals surface area contributed by atoms with Gasteiger partial charge in [-0.15, -0.1) is 0 Å². The Balaban J connectivity index is 2.41. The molecule has 0 aliphatic carbocycles. The van der Waals surface area contributed by atoms with Crippen LogP contribution < -0.4 is 9.47 Å². The predicted molar refractivity (Wildman–Crippen MR) is 116 cm³/mol. The van der Waals surface area contributed by atoms with E-state index in [-0.39, 0.29) is 12.1 Å². The minimum Gasteiger partial charge on any atom is -0.496 e. The lowest BCUT2D eigenvalue weighted by atomic mass is 9.89. The van der Waals surface area contributed by atoms with Gasteiger partial charge in [-0.25, -0.2) is 5.11 Å². The molecule has 6 nitrogen and oxygen atoms in total. The van der Waals surface area contributed by atoms with Gasteiger partial charge in [0.2, 0.25) is 0 Å². The molecule has 0 saturated heterocycles. The summed E-state index contributed by atoms with van der Waals surface area (Å²) in [7, 11) is 3.05. The first-order valence-electron chi connectivity index (χ1n) is 9.53. The van der Waals surface area contributed by atoms with Gasteiger partial charge in [0.05, 0.1) is 30.3 Å². The molecule has 0 spiro atoms. The van der Waals surface area contributed by atoms with Crippen molar-refractivity contribution in [2.45, 2.75) is 25.9 Å². The molecule has 3 aromatic rings. The fourth-order valence-corrected chi connectivity index (χ4v) is 3.63. The normalized spacial score (nSPS) is 11.2. The van der Waals surface area contributed by atoms with Gasteiger partial charge >= 0.3 is 0 Å². The zero-order valence-electron chi connectivity index (χ0n) is 17.5. The molecule has 0 amide bonds. The maximum Gasteiger partial charge on any atom is 0.285 e. The highest BCUT2D eigenvalue weighted by molar-refractivity contribution is 5.90. The fourth-order valence-electron chi connectivity index (χ4n) is 3.63. The Kier molecular flexibility index (Phi) is 6.08. The predicted octanol–water partition coefficient (Wildman–Crippen LogP) is 5.70. The molecule has 6 heteroatoms. The van der Waals surface area contributed by atoms with Gasteiger partial charge in [-0.2, -0.15) is 0 Å². The van der Waals surface area contributed by atoms with Crippen molar-refractivity contribution in [2.75, 3.05) is 14.2 Å². The smallest absolute Gasteiger partial charge is 0.285 e. The van der Waals surface area contributed by atoms with Gasteiger partial charge in [0.15, 0.2) is 0 Å². The second kappa shape index (κ2) is 8.55. The number of hydrogen-bond acceptors (Lipinski definition) is 4. The maximum atomic E-state index is 12.5. The van der Waals surface area contributed by atoms with Crippen molar-refractivity contribution in [1.82, 2.24) is 0 Å². The molecule has 0 atom stereocenters. The molecule has 0 heterocycles. The van der Waals surface area contributed by atoms with Gasteiger partial charge in [-0.1, -0.05) is 36.4 Å². The number of para-hydroxylation sites is 2. The van der Waals surface area contributed by atoms with Crippen molar-refractivity contribution < 1.29 is 19.5 Å². The Labute approximate surface area is 175 Å². The number of benzene rings is 3. The van der Waals surface area contributed by atoms with Crippen molar-refractivity contribution in [3.63, 3.8) is 0 Å². The third-order valence-electron chi connectivity index (χ3n) is 4.78. The topological polar surface area (TPSA) is 81.5 Å². The minimum atomic E-state index is -1.23. The Hall–Kier alpha value is -3.38. The Bertz CT molecular complexity index is 1000. The van der Waals surface area contributed by atoms with E-state index in [1.165, 1.54) is 14.2 Å². The highest BCUT2D eigenvalue weighted by Crippen LogP contribution is 2.45. The molecule has 0 aliphatic heterocycles. The average Bonchev–Trinajstić information content (AvgIpc) is 2.71. The molecule has 30 heavy (non-hydrogen) atoms. The number of methoxy groups -OCH3 is 2. The van der Waals surface area contributed by atoms with Crippen LogP contribution in [0.1, 0.15) is 19.4 Å². The van der Waals surface area contributed by atoms with Crippen LogP contribution in [0.2, 0.25) is 0 Å². The van der Waals surface area contributed by atoms with Gasteiger partial charge in [0, 0.05) is 17.5 Å². The van der Waals surface area contributed by atoms with E-state index in [4.69, 9.17) is 9.47 Å². The number of rotatable bonds is 7. The van der Waals surface area contributed by atoms with Gasteiger partial charge in [0.1, 0.15) is 17.1 Å². The molecule has 3 aromatic carbocycles. The van der Waals surface area contributed by atoms with E-state index in [2.05, 4.69) is 0 Å². The van der Waals surface area contributed by atoms with Crippen LogP contribution in [0.25, 0.3) is 22.3 Å². The molecule has 0 aliphatic rings. The third kappa shape index (κ3) is 4.44. The van der Waals surface area contributed by atoms with E-state index in [0.29, 0.717) is 39.3 Å². The van der Waals surface area contributed by atoms with Crippen LogP contribution >= 0.6 is 0 Å². The molecular weight excluding hydrogens is 382 g/mol. The molecule has 155 valence electrons. The quantitative estimate of drug-likeness (QED) is 0.372. The number of ether oxygens (including phenoxy) is 2. The zero-order valence-corrected chi connectivity index (χ0v) is 17.5. The van der Waals surface area contributed by atoms with Gasteiger partial charge in [-0.3, -0.25) is 10.1 Å². The fraction of sp³-hybridized carbons (Fsp3) is 0.250. The highest BCUT2D eigenvalue weighted by atomic mass is 16.6. The minimum absolute atomic E-state index is 0.0588. The van der Waals surface area contributed by atoms with E-state index in [1.54, 1.807) is 74.5 Å². The van der Waals surface area contributed by atoms with E-state index < -0.39 is 10.5 Å². The lowest BCUT2D eigenvalue weighted by molar-refractivity contribution is -0.383. The number of nitro benzene ring substituents is 1. The first kappa shape index (κ1) is 21.3. The summed E-state index contributed by atoms with van der Waals surface area (Å²) >= 11 is 0. The van der Waals surface area contributed by atoms with Gasteiger partial charge in [-0.05, 0) is 43.7 Å². The third-order valence-corrected chi connectivity index (χ3v) is 4.78. The molecular formula is C24H24NO5. The summed E-state index contributed by atoms with van der Waals surface area (Å²) in [6.45, 7) is 3.19. The summed E-state index contributed by atoms with van der Waals surface area (Å²) < 4.78 is 10.9. The van der Waals surface area contributed by atoms with Crippen molar-refractivity contribution in [2.24, 2.45) is 0 Å². The van der Waals surface area contributed by atoms with Crippen LogP contribution in [0.4, 0.5) is 5.69 Å². The average molecular weight is 406 g/mol. The van der Waals surface area contributed by atoms with E-state index in [0.717, 1.165) is 0 Å². The van der Waals surface area contributed by atoms with E-state index in [1.807, 2.05) is 0 Å². The second-order valence-electron chi connectivity index (χ2n) is 7.63. The maximum absolute atomic E-state index is 12.5. The van der Waals surface area contributed by atoms with Crippen LogP contribution in [0, 0.1) is 10.1 Å². The van der Waals surface area contributed by atoms with Crippen molar-refractivity contribution in [1.29, 1.82) is 0 Å². The van der Waals surface area contributed by atoms with Crippen molar-refractivity contribution in [3.05, 3.63) is 76.3 Å². The standard InChI is InChI=1S/C24H24NO5/c1-24(2,26)15-16-13-19(17-9-5-7-11-21(17)29-3)23(25(27)28)20(14-16)18-10-6-8-12-22(18)30-4/h5-14H,15H2,1-4H3. The molecule has 0 bridgehead atoms. The van der Waals surface area contributed by atoms with Crippen LogP contribution in [-0.4, -0.2) is 24.7 Å². The van der Waals surface area contributed by atoms with Crippen LogP contribution in [0.3, 0.4) is 0 Å². The van der Waals surface area contributed by atoms with Crippen molar-refractivity contribution in [3.8, 4) is 33.8 Å². The number of nitrogens with zero attached hydrogens (tertiary/aromatic N) is 1. The number of hydrogen-bond donors (Lipinski definition) is 0. The first-order chi connectivity index (χ1) is 14.2. The van der Waals surface area contributed by atoms with E-state index >= 15 is 0 Å². The van der Waals surface area contributed by atoms with E-state index in [9.17, 15) is 15.2 Å². The lowest BCUT2D eigenvalue weighted by Crippen LogP contribution is -2.20. The summed E-state index contributed by atoms with van der Waals surface area (Å²) in [4.78, 5) is 11.9. The molecule has 0 N–H and O–H groups in total. The monoisotopic (exact) mass is 406 g/mol. The summed E-state index contributed by atoms with van der Waals surface area (Å²) in [5.74, 6) is 1.04. The second-order valence-corrected chi connectivity index (χ2v) is 7.63. The SMILES string of the molecule is COc1ccccc1-c1cc(CC(C)(C)[O])cc(-c2ccccc2OC)c1[N+](=O)[O-]. The van der Waals surface area contributed by atoms with Crippen LogP contribution in [0.5, 0.6) is 11.5 Å². The molecule has 3 rings (SSSR count). The summed E-state index contributed by atoms with van der Waals surface area (Å²) in [6.07, 6.45) is 0.218. The Morgan fingerprint density at radius 1 is 0.833 bits per heavy atom. The van der Waals surface area contributed by atoms with Gasteiger partial charge in [0.25, 0.3) is 5.69 Å².